The van der Waals surface area contributed by atoms with E-state index < -0.39 is 10.3 Å². The van der Waals surface area contributed by atoms with E-state index in [1.807, 2.05) is 0 Å². The van der Waals surface area contributed by atoms with Crippen molar-refractivity contribution < 1.29 is 17.3 Å². The van der Waals surface area contributed by atoms with Gasteiger partial charge >= 0.3 is 10.3 Å². The lowest BCUT2D eigenvalue weighted by molar-refractivity contribution is 0.119. The van der Waals surface area contributed by atoms with Gasteiger partial charge < -0.3 is 4.74 Å². The van der Waals surface area contributed by atoms with Gasteiger partial charge in [-0.25, -0.2) is 0 Å². The Morgan fingerprint density at radius 1 is 1.13 bits per heavy atom. The van der Waals surface area contributed by atoms with E-state index in [2.05, 4.69) is 9.08 Å². The Hall–Kier alpha value is -0.210. The van der Waals surface area contributed by atoms with Gasteiger partial charge in [0.15, 0.2) is 0 Å². The van der Waals surface area contributed by atoms with Crippen LogP contribution >= 0.6 is 0 Å². The summed E-state index contributed by atoms with van der Waals surface area (Å²) >= 11 is 0. The molecule has 1 aliphatic heterocycles. The van der Waals surface area contributed by atoms with Crippen LogP contribution in [0.15, 0.2) is 0 Å². The minimum absolute atomic E-state index is 0.486. The van der Waals surface area contributed by atoms with E-state index in [9.17, 15) is 8.42 Å². The van der Waals surface area contributed by atoms with Crippen LogP contribution in [0.25, 0.3) is 0 Å². The third-order valence-corrected chi connectivity index (χ3v) is 3.89. The van der Waals surface area contributed by atoms with E-state index in [1.54, 1.807) is 7.11 Å². The molecule has 1 saturated heterocycles. The van der Waals surface area contributed by atoms with Crippen molar-refractivity contribution >= 4 is 10.3 Å². The van der Waals surface area contributed by atoms with E-state index in [0.29, 0.717) is 19.7 Å². The van der Waals surface area contributed by atoms with Crippen molar-refractivity contribution in [2.24, 2.45) is 0 Å². The molecule has 0 amide bonds. The summed E-state index contributed by atoms with van der Waals surface area (Å²) in [7, 11) is -0.644. The maximum absolute atomic E-state index is 11.3. The molecule has 7 heteroatoms. The topological polar surface area (TPSA) is 59.1 Å². The standard InChI is InChI=1S/C8H18N2O4S/c1-13-8-7-9-3-5-10(6-4-9)15(11,12)14-2/h3-8H2,1-2H3. The SMILES string of the molecule is COCCN1CCN(S(=O)(=O)OC)CC1. The van der Waals surface area contributed by atoms with Crippen LogP contribution in [0.1, 0.15) is 0 Å². The Kier molecular flexibility index (Phi) is 4.94. The molecular weight excluding hydrogens is 220 g/mol. The first-order valence-electron chi connectivity index (χ1n) is 4.87. The van der Waals surface area contributed by atoms with Gasteiger partial charge in [0.1, 0.15) is 0 Å². The van der Waals surface area contributed by atoms with Crippen LogP contribution in [0, 0.1) is 0 Å². The number of ether oxygens (including phenoxy) is 1. The quantitative estimate of drug-likeness (QED) is 0.624. The van der Waals surface area contributed by atoms with Gasteiger partial charge in [-0.2, -0.15) is 12.7 Å². The summed E-state index contributed by atoms with van der Waals surface area (Å²) in [5.74, 6) is 0. The fourth-order valence-corrected chi connectivity index (χ4v) is 2.32. The Morgan fingerprint density at radius 2 is 1.73 bits per heavy atom. The van der Waals surface area contributed by atoms with Crippen molar-refractivity contribution in [3.05, 3.63) is 0 Å². The maximum Gasteiger partial charge on any atom is 0.338 e. The number of hydrogen-bond acceptors (Lipinski definition) is 5. The smallest absolute Gasteiger partial charge is 0.338 e. The summed E-state index contributed by atoms with van der Waals surface area (Å²) in [6, 6.07) is 0. The Bertz CT molecular complexity index is 272. The molecule has 15 heavy (non-hydrogen) atoms. The van der Waals surface area contributed by atoms with Crippen LogP contribution in [0.3, 0.4) is 0 Å². The molecule has 1 rings (SSSR count). The lowest BCUT2D eigenvalue weighted by Gasteiger charge is -2.32. The highest BCUT2D eigenvalue weighted by Crippen LogP contribution is 2.07. The molecule has 90 valence electrons. The Balaban J connectivity index is 2.36. The molecule has 0 aliphatic carbocycles. The molecule has 0 unspecified atom stereocenters. The molecule has 1 heterocycles. The second-order valence-corrected chi connectivity index (χ2v) is 5.06. The molecule has 0 radical (unpaired) electrons. The van der Waals surface area contributed by atoms with E-state index in [4.69, 9.17) is 4.74 Å². The Morgan fingerprint density at radius 3 is 2.20 bits per heavy atom. The summed E-state index contributed by atoms with van der Waals surface area (Å²) < 4.78 is 33.4. The first-order chi connectivity index (χ1) is 7.10. The minimum atomic E-state index is -3.49. The van der Waals surface area contributed by atoms with Gasteiger partial charge in [0.2, 0.25) is 0 Å². The zero-order valence-corrected chi connectivity index (χ0v) is 9.99. The van der Waals surface area contributed by atoms with Gasteiger partial charge in [0.25, 0.3) is 0 Å². The monoisotopic (exact) mass is 238 g/mol. The molecular formula is C8H18N2O4S. The van der Waals surface area contributed by atoms with Crippen LogP contribution in [0.5, 0.6) is 0 Å². The normalized spacial score (nSPS) is 20.7. The van der Waals surface area contributed by atoms with E-state index in [0.717, 1.165) is 19.6 Å². The molecule has 0 N–H and O–H groups in total. The number of rotatable bonds is 5. The molecule has 0 aromatic heterocycles. The third-order valence-electron chi connectivity index (χ3n) is 2.47. The number of methoxy groups -OCH3 is 1. The van der Waals surface area contributed by atoms with Crippen molar-refractivity contribution in [2.75, 3.05) is 53.6 Å². The summed E-state index contributed by atoms with van der Waals surface area (Å²) in [4.78, 5) is 2.17. The second kappa shape index (κ2) is 5.76. The second-order valence-electron chi connectivity index (χ2n) is 3.36. The van der Waals surface area contributed by atoms with Crippen molar-refractivity contribution in [3.8, 4) is 0 Å². The lowest BCUT2D eigenvalue weighted by Crippen LogP contribution is -2.49. The van der Waals surface area contributed by atoms with Gasteiger partial charge in [-0.1, -0.05) is 0 Å². The van der Waals surface area contributed by atoms with E-state index in [-0.39, 0.29) is 0 Å². The number of piperazine rings is 1. The van der Waals surface area contributed by atoms with E-state index >= 15 is 0 Å². The van der Waals surface area contributed by atoms with Crippen molar-refractivity contribution in [2.45, 2.75) is 0 Å². The molecule has 1 aliphatic rings. The number of hydrogen-bond donors (Lipinski definition) is 0. The molecule has 1 fully saturated rings. The van der Waals surface area contributed by atoms with Gasteiger partial charge in [-0.05, 0) is 0 Å². The molecule has 0 spiro atoms. The van der Waals surface area contributed by atoms with Crippen molar-refractivity contribution in [1.82, 2.24) is 9.21 Å². The fourth-order valence-electron chi connectivity index (χ4n) is 1.50. The number of nitrogens with zero attached hydrogens (tertiary/aromatic N) is 2. The maximum atomic E-state index is 11.3. The molecule has 0 saturated carbocycles. The highest BCUT2D eigenvalue weighted by Gasteiger charge is 2.26. The van der Waals surface area contributed by atoms with Gasteiger partial charge in [0.05, 0.1) is 13.7 Å². The molecule has 0 aromatic carbocycles. The van der Waals surface area contributed by atoms with Crippen LogP contribution in [0.2, 0.25) is 0 Å². The van der Waals surface area contributed by atoms with Crippen LogP contribution in [0.4, 0.5) is 0 Å². The van der Waals surface area contributed by atoms with Gasteiger partial charge in [0, 0.05) is 39.8 Å². The first kappa shape index (κ1) is 12.9. The average molecular weight is 238 g/mol. The largest absolute Gasteiger partial charge is 0.383 e. The molecule has 6 nitrogen and oxygen atoms in total. The summed E-state index contributed by atoms with van der Waals surface area (Å²) in [5.41, 5.74) is 0. The zero-order chi connectivity index (χ0) is 11.3. The van der Waals surface area contributed by atoms with Gasteiger partial charge in [-0.3, -0.25) is 9.08 Å². The van der Waals surface area contributed by atoms with E-state index in [1.165, 1.54) is 11.4 Å². The van der Waals surface area contributed by atoms with Crippen molar-refractivity contribution in [3.63, 3.8) is 0 Å². The third kappa shape index (κ3) is 3.69. The molecule has 0 bridgehead atoms. The average Bonchev–Trinajstić information content (AvgIpc) is 2.27. The summed E-state index contributed by atoms with van der Waals surface area (Å²) in [6.07, 6.45) is 0. The highest BCUT2D eigenvalue weighted by molar-refractivity contribution is 7.84. The summed E-state index contributed by atoms with van der Waals surface area (Å²) in [5, 5.41) is 0. The summed E-state index contributed by atoms with van der Waals surface area (Å²) in [6.45, 7) is 3.95. The predicted octanol–water partition coefficient (Wildman–Crippen LogP) is -0.858. The van der Waals surface area contributed by atoms with Crippen LogP contribution < -0.4 is 0 Å². The molecule has 0 aromatic rings. The highest BCUT2D eigenvalue weighted by atomic mass is 32.2. The van der Waals surface area contributed by atoms with Crippen LogP contribution in [-0.2, 0) is 19.2 Å². The first-order valence-corrected chi connectivity index (χ1v) is 6.23. The molecule has 0 atom stereocenters. The van der Waals surface area contributed by atoms with Crippen molar-refractivity contribution in [1.29, 1.82) is 0 Å². The fraction of sp³-hybridized carbons (Fsp3) is 1.00. The Labute approximate surface area is 91.0 Å². The van der Waals surface area contributed by atoms with Crippen LogP contribution in [-0.4, -0.2) is 71.2 Å². The minimum Gasteiger partial charge on any atom is -0.383 e. The predicted molar refractivity (Wildman–Crippen MR) is 55.8 cm³/mol. The van der Waals surface area contributed by atoms with Gasteiger partial charge in [-0.15, -0.1) is 0 Å². The lowest BCUT2D eigenvalue weighted by atomic mass is 10.4. The zero-order valence-electron chi connectivity index (χ0n) is 9.18.